The molecule has 1 aromatic rings. The average molecular weight is 366 g/mol. The molecule has 0 spiro atoms. The van der Waals surface area contributed by atoms with E-state index in [0.29, 0.717) is 12.1 Å². The van der Waals surface area contributed by atoms with Crippen LogP contribution in [0.5, 0.6) is 0 Å². The molecule has 132 valence electrons. The first-order valence-electron chi connectivity index (χ1n) is 6.00. The zero-order valence-electron chi connectivity index (χ0n) is 11.6. The summed E-state index contributed by atoms with van der Waals surface area (Å²) in [5, 5.41) is 35.0. The van der Waals surface area contributed by atoms with E-state index in [1.807, 2.05) is 0 Å². The predicted octanol–water partition coefficient (Wildman–Crippen LogP) is 1.03. The van der Waals surface area contributed by atoms with Crippen molar-refractivity contribution in [2.45, 2.75) is 6.42 Å². The van der Waals surface area contributed by atoms with Crippen molar-refractivity contribution in [3.8, 4) is 0 Å². The van der Waals surface area contributed by atoms with E-state index in [1.165, 1.54) is 0 Å². The van der Waals surface area contributed by atoms with Gasteiger partial charge in [0.25, 0.3) is 5.69 Å². The summed E-state index contributed by atoms with van der Waals surface area (Å²) in [7, 11) is -4.65. The first-order valence-corrected chi connectivity index (χ1v) is 7.36. The highest BCUT2D eigenvalue weighted by molar-refractivity contribution is 7.80. The van der Waals surface area contributed by atoms with E-state index in [2.05, 4.69) is 9.50 Å². The fourth-order valence-electron chi connectivity index (χ4n) is 1.62. The van der Waals surface area contributed by atoms with Gasteiger partial charge in [0.15, 0.2) is 5.69 Å². The molecule has 14 nitrogen and oxygen atoms in total. The molecule has 1 rings (SSSR count). The molecule has 0 bridgehead atoms. The number of nitrogens with one attached hydrogen (secondary N) is 1. The standard InChI is InChI=1S/C9H10N4O10S/c14-11(15)6-4-7(12(16)17)9(8(5-6)13(18)19)10-2-1-3-23-24(20,21)22/h4-5,10H,1-3H2,(H,20,21,22). The van der Waals surface area contributed by atoms with E-state index in [-0.39, 0.29) is 13.0 Å². The van der Waals surface area contributed by atoms with Crippen LogP contribution in [-0.4, -0.2) is 40.9 Å². The molecule has 0 heterocycles. The minimum absolute atomic E-state index is 0.0922. The lowest BCUT2D eigenvalue weighted by Crippen LogP contribution is -2.11. The highest BCUT2D eigenvalue weighted by atomic mass is 32.3. The molecular weight excluding hydrogens is 356 g/mol. The van der Waals surface area contributed by atoms with E-state index in [0.717, 1.165) is 0 Å². The number of rotatable bonds is 9. The molecule has 0 fully saturated rings. The Morgan fingerprint density at radius 3 is 1.92 bits per heavy atom. The van der Waals surface area contributed by atoms with Gasteiger partial charge in [-0.1, -0.05) is 0 Å². The van der Waals surface area contributed by atoms with Crippen molar-refractivity contribution < 1.29 is 31.9 Å². The molecule has 0 aromatic heterocycles. The minimum Gasteiger partial charge on any atom is -0.374 e. The van der Waals surface area contributed by atoms with E-state index in [4.69, 9.17) is 4.55 Å². The highest BCUT2D eigenvalue weighted by Crippen LogP contribution is 2.38. The summed E-state index contributed by atoms with van der Waals surface area (Å²) in [6, 6.07) is 1.12. The smallest absolute Gasteiger partial charge is 0.374 e. The van der Waals surface area contributed by atoms with Gasteiger partial charge in [0.1, 0.15) is 0 Å². The van der Waals surface area contributed by atoms with Gasteiger partial charge in [0, 0.05) is 6.54 Å². The Kier molecular flexibility index (Phi) is 6.04. The van der Waals surface area contributed by atoms with Crippen molar-refractivity contribution in [3.05, 3.63) is 42.5 Å². The third kappa shape index (κ3) is 5.38. The maximum absolute atomic E-state index is 11.0. The number of nitro groups is 3. The van der Waals surface area contributed by atoms with Gasteiger partial charge in [-0.3, -0.25) is 34.9 Å². The van der Waals surface area contributed by atoms with Crippen LogP contribution in [0.3, 0.4) is 0 Å². The largest absolute Gasteiger partial charge is 0.397 e. The van der Waals surface area contributed by atoms with Crippen molar-refractivity contribution in [1.82, 2.24) is 0 Å². The van der Waals surface area contributed by atoms with Crippen LogP contribution in [0.4, 0.5) is 22.7 Å². The first kappa shape index (κ1) is 19.1. The molecule has 0 radical (unpaired) electrons. The summed E-state index contributed by atoms with van der Waals surface area (Å²) in [4.78, 5) is 29.6. The van der Waals surface area contributed by atoms with Gasteiger partial charge < -0.3 is 5.32 Å². The van der Waals surface area contributed by atoms with Crippen molar-refractivity contribution in [1.29, 1.82) is 0 Å². The molecule has 0 saturated carbocycles. The summed E-state index contributed by atoms with van der Waals surface area (Å²) in [6.45, 7) is -0.685. The van der Waals surface area contributed by atoms with Crippen LogP contribution in [0.15, 0.2) is 12.1 Å². The Morgan fingerprint density at radius 1 is 1.04 bits per heavy atom. The van der Waals surface area contributed by atoms with E-state index >= 15 is 0 Å². The van der Waals surface area contributed by atoms with E-state index < -0.39 is 54.5 Å². The van der Waals surface area contributed by atoms with Crippen LogP contribution in [0, 0.1) is 30.3 Å². The quantitative estimate of drug-likeness (QED) is 0.273. The third-order valence-electron chi connectivity index (χ3n) is 2.54. The Hall–Kier alpha value is -2.91. The summed E-state index contributed by atoms with van der Waals surface area (Å²) < 4.78 is 33.0. The molecule has 2 N–H and O–H groups in total. The van der Waals surface area contributed by atoms with Gasteiger partial charge in [-0.25, -0.2) is 4.18 Å². The zero-order valence-corrected chi connectivity index (χ0v) is 12.5. The lowest BCUT2D eigenvalue weighted by molar-refractivity contribution is -0.401. The Labute approximate surface area is 133 Å². The second-order valence-corrected chi connectivity index (χ2v) is 5.25. The molecule has 1 aromatic carbocycles. The molecule has 0 atom stereocenters. The second-order valence-electron chi connectivity index (χ2n) is 4.16. The third-order valence-corrected chi connectivity index (χ3v) is 3.01. The predicted molar refractivity (Wildman–Crippen MR) is 77.0 cm³/mol. The molecule has 0 aliphatic heterocycles. The molecule has 15 heteroatoms. The van der Waals surface area contributed by atoms with Crippen LogP contribution >= 0.6 is 0 Å². The molecule has 24 heavy (non-hydrogen) atoms. The topological polar surface area (TPSA) is 205 Å². The molecule has 0 aliphatic carbocycles. The van der Waals surface area contributed by atoms with Crippen LogP contribution in [0.2, 0.25) is 0 Å². The lowest BCUT2D eigenvalue weighted by atomic mass is 10.2. The van der Waals surface area contributed by atoms with Crippen molar-refractivity contribution in [3.63, 3.8) is 0 Å². The van der Waals surface area contributed by atoms with Gasteiger partial charge in [-0.2, -0.15) is 8.42 Å². The molecule has 0 aliphatic rings. The fraction of sp³-hybridized carbons (Fsp3) is 0.333. The maximum Gasteiger partial charge on any atom is 0.397 e. The summed E-state index contributed by atoms with van der Waals surface area (Å²) in [5.41, 5.74) is -3.16. The lowest BCUT2D eigenvalue weighted by Gasteiger charge is -2.07. The second kappa shape index (κ2) is 7.57. The first-order chi connectivity index (χ1) is 11.0. The van der Waals surface area contributed by atoms with Crippen molar-refractivity contribution in [2.75, 3.05) is 18.5 Å². The molecule has 0 unspecified atom stereocenters. The molecular formula is C9H10N4O10S. The number of non-ortho nitro benzene ring substituents is 1. The molecule has 0 amide bonds. The van der Waals surface area contributed by atoms with Crippen LogP contribution in [0.1, 0.15) is 6.42 Å². The minimum atomic E-state index is -4.65. The van der Waals surface area contributed by atoms with Gasteiger partial charge in [0.05, 0.1) is 33.5 Å². The highest BCUT2D eigenvalue weighted by Gasteiger charge is 2.30. The van der Waals surface area contributed by atoms with Gasteiger partial charge >= 0.3 is 21.8 Å². The Morgan fingerprint density at radius 2 is 1.54 bits per heavy atom. The number of hydrogen-bond donors (Lipinski definition) is 2. The van der Waals surface area contributed by atoms with E-state index in [9.17, 15) is 38.8 Å². The maximum atomic E-state index is 11.0. The molecule has 0 saturated heterocycles. The Balaban J connectivity index is 3.05. The Bertz CT molecular complexity index is 742. The number of benzene rings is 1. The zero-order chi connectivity index (χ0) is 18.5. The van der Waals surface area contributed by atoms with E-state index in [1.54, 1.807) is 0 Å². The van der Waals surface area contributed by atoms with Crippen molar-refractivity contribution in [2.24, 2.45) is 0 Å². The number of nitro benzene ring substituents is 3. The number of anilines is 1. The normalized spacial score (nSPS) is 11.0. The fourth-order valence-corrected chi connectivity index (χ4v) is 1.95. The summed E-state index contributed by atoms with van der Waals surface area (Å²) in [6.07, 6.45) is -0.0922. The summed E-state index contributed by atoms with van der Waals surface area (Å²) >= 11 is 0. The van der Waals surface area contributed by atoms with Gasteiger partial charge in [-0.15, -0.1) is 0 Å². The van der Waals surface area contributed by atoms with Crippen molar-refractivity contribution >= 4 is 33.1 Å². The van der Waals surface area contributed by atoms with Crippen LogP contribution in [0.25, 0.3) is 0 Å². The number of nitrogens with zero attached hydrogens (tertiary/aromatic N) is 3. The number of hydrogen-bond acceptors (Lipinski definition) is 10. The SMILES string of the molecule is O=[N+]([O-])c1cc([N+](=O)[O-])c(NCCCOS(=O)(=O)O)c([N+](=O)[O-])c1. The van der Waals surface area contributed by atoms with Gasteiger partial charge in [-0.05, 0) is 6.42 Å². The van der Waals surface area contributed by atoms with Crippen LogP contribution in [-0.2, 0) is 14.6 Å². The average Bonchev–Trinajstić information content (AvgIpc) is 2.44. The summed E-state index contributed by atoms with van der Waals surface area (Å²) in [5.74, 6) is 0. The van der Waals surface area contributed by atoms with Crippen LogP contribution < -0.4 is 5.32 Å². The van der Waals surface area contributed by atoms with Gasteiger partial charge in [0.2, 0.25) is 0 Å². The monoisotopic (exact) mass is 366 g/mol.